The minimum Gasteiger partial charge on any atom is -0.508 e. The standard InChI is InChI=1S/C15H22N2O4/c1-5-17(12-8-11(18)7-6-10(12)2)14(21)16-9-15(3,4)13(19)20/h6-8,18H,5,9H2,1-4H3,(H,16,21)(H,19,20). The molecule has 0 aromatic heterocycles. The summed E-state index contributed by atoms with van der Waals surface area (Å²) in [6.07, 6.45) is 0. The molecule has 0 radical (unpaired) electrons. The van der Waals surface area contributed by atoms with Crippen molar-refractivity contribution in [2.75, 3.05) is 18.0 Å². The molecule has 1 rings (SSSR count). The lowest BCUT2D eigenvalue weighted by molar-refractivity contribution is -0.146. The second-order valence-electron chi connectivity index (χ2n) is 5.56. The van der Waals surface area contributed by atoms with Crippen LogP contribution in [0.4, 0.5) is 10.5 Å². The number of benzene rings is 1. The number of urea groups is 1. The number of carbonyl (C=O) groups excluding carboxylic acids is 1. The summed E-state index contributed by atoms with van der Waals surface area (Å²) in [5, 5.41) is 21.2. The van der Waals surface area contributed by atoms with Gasteiger partial charge in [0.25, 0.3) is 0 Å². The summed E-state index contributed by atoms with van der Waals surface area (Å²) in [5.74, 6) is -0.896. The molecular formula is C15H22N2O4. The van der Waals surface area contributed by atoms with Crippen molar-refractivity contribution < 1.29 is 19.8 Å². The van der Waals surface area contributed by atoms with E-state index < -0.39 is 11.4 Å². The third-order valence-corrected chi connectivity index (χ3v) is 3.31. The summed E-state index contributed by atoms with van der Waals surface area (Å²) in [6, 6.07) is 4.40. The van der Waals surface area contributed by atoms with Gasteiger partial charge in [-0.05, 0) is 39.3 Å². The molecule has 0 spiro atoms. The first-order valence-electron chi connectivity index (χ1n) is 6.77. The molecule has 0 fully saturated rings. The van der Waals surface area contributed by atoms with E-state index in [0.29, 0.717) is 12.2 Å². The average Bonchev–Trinajstić information content (AvgIpc) is 2.41. The van der Waals surface area contributed by atoms with Crippen molar-refractivity contribution >= 4 is 17.7 Å². The summed E-state index contributed by atoms with van der Waals surface area (Å²) < 4.78 is 0. The number of nitrogens with zero attached hydrogens (tertiary/aromatic N) is 1. The zero-order chi connectivity index (χ0) is 16.2. The normalized spacial score (nSPS) is 11.0. The average molecular weight is 294 g/mol. The van der Waals surface area contributed by atoms with Crippen molar-refractivity contribution in [1.82, 2.24) is 5.32 Å². The smallest absolute Gasteiger partial charge is 0.321 e. The molecule has 1 aromatic carbocycles. The molecule has 0 aliphatic carbocycles. The minimum absolute atomic E-state index is 0.0233. The highest BCUT2D eigenvalue weighted by Crippen LogP contribution is 2.25. The number of rotatable bonds is 5. The van der Waals surface area contributed by atoms with Gasteiger partial charge >= 0.3 is 12.0 Å². The Bertz CT molecular complexity index is 540. The van der Waals surface area contributed by atoms with Crippen LogP contribution in [0.15, 0.2) is 18.2 Å². The summed E-state index contributed by atoms with van der Waals surface area (Å²) in [7, 11) is 0. The van der Waals surface area contributed by atoms with Gasteiger partial charge in [0.2, 0.25) is 0 Å². The number of carbonyl (C=O) groups is 2. The molecule has 0 unspecified atom stereocenters. The van der Waals surface area contributed by atoms with Gasteiger partial charge in [0, 0.05) is 19.2 Å². The van der Waals surface area contributed by atoms with Crippen LogP contribution in [-0.2, 0) is 4.79 Å². The Kier molecular flexibility index (Phi) is 5.18. The number of phenols is 1. The largest absolute Gasteiger partial charge is 0.508 e. The van der Waals surface area contributed by atoms with Crippen LogP contribution in [0.5, 0.6) is 5.75 Å². The number of aliphatic carboxylic acids is 1. The maximum atomic E-state index is 12.2. The van der Waals surface area contributed by atoms with Crippen molar-refractivity contribution in [2.45, 2.75) is 27.7 Å². The number of anilines is 1. The highest BCUT2D eigenvalue weighted by Gasteiger charge is 2.28. The second kappa shape index (κ2) is 6.47. The molecule has 2 amide bonds. The molecule has 0 saturated heterocycles. The molecule has 1 aromatic rings. The van der Waals surface area contributed by atoms with Crippen LogP contribution in [0.1, 0.15) is 26.3 Å². The van der Waals surface area contributed by atoms with E-state index in [0.717, 1.165) is 5.56 Å². The molecule has 0 aliphatic heterocycles. The third-order valence-electron chi connectivity index (χ3n) is 3.31. The molecule has 0 heterocycles. The van der Waals surface area contributed by atoms with E-state index >= 15 is 0 Å². The Balaban J connectivity index is 2.88. The SMILES string of the molecule is CCN(C(=O)NCC(C)(C)C(=O)O)c1cc(O)ccc1C. The van der Waals surface area contributed by atoms with E-state index in [-0.39, 0.29) is 18.3 Å². The first kappa shape index (κ1) is 16.8. The highest BCUT2D eigenvalue weighted by molar-refractivity contribution is 5.93. The van der Waals surface area contributed by atoms with Gasteiger partial charge in [0.05, 0.1) is 11.1 Å². The summed E-state index contributed by atoms with van der Waals surface area (Å²) in [5.41, 5.74) is 0.411. The zero-order valence-electron chi connectivity index (χ0n) is 12.8. The van der Waals surface area contributed by atoms with E-state index in [2.05, 4.69) is 5.32 Å². The Morgan fingerprint density at radius 1 is 1.33 bits per heavy atom. The van der Waals surface area contributed by atoms with Crippen molar-refractivity contribution in [3.63, 3.8) is 0 Å². The monoisotopic (exact) mass is 294 g/mol. The molecular weight excluding hydrogens is 272 g/mol. The lowest BCUT2D eigenvalue weighted by atomic mass is 9.94. The molecule has 0 bridgehead atoms. The Labute approximate surface area is 124 Å². The lowest BCUT2D eigenvalue weighted by Gasteiger charge is -2.26. The lowest BCUT2D eigenvalue weighted by Crippen LogP contribution is -2.45. The van der Waals surface area contributed by atoms with Crippen LogP contribution in [0, 0.1) is 12.3 Å². The van der Waals surface area contributed by atoms with E-state index in [1.807, 2.05) is 13.8 Å². The predicted molar refractivity (Wildman–Crippen MR) is 80.7 cm³/mol. The van der Waals surface area contributed by atoms with Gasteiger partial charge in [-0.3, -0.25) is 9.69 Å². The van der Waals surface area contributed by atoms with Gasteiger partial charge in [-0.25, -0.2) is 4.79 Å². The zero-order valence-corrected chi connectivity index (χ0v) is 12.8. The Hall–Kier alpha value is -2.24. The molecule has 116 valence electrons. The van der Waals surface area contributed by atoms with E-state index in [1.54, 1.807) is 26.0 Å². The predicted octanol–water partition coefficient (Wildman–Crippen LogP) is 2.35. The highest BCUT2D eigenvalue weighted by atomic mass is 16.4. The Morgan fingerprint density at radius 2 is 1.95 bits per heavy atom. The van der Waals surface area contributed by atoms with Crippen LogP contribution in [0.25, 0.3) is 0 Å². The van der Waals surface area contributed by atoms with Crippen LogP contribution < -0.4 is 10.2 Å². The number of amides is 2. The quantitative estimate of drug-likeness (QED) is 0.777. The van der Waals surface area contributed by atoms with Crippen LogP contribution >= 0.6 is 0 Å². The third kappa shape index (κ3) is 4.11. The van der Waals surface area contributed by atoms with Crippen molar-refractivity contribution in [3.8, 4) is 5.75 Å². The summed E-state index contributed by atoms with van der Waals surface area (Å²) in [6.45, 7) is 7.17. The fraction of sp³-hybridized carbons (Fsp3) is 0.467. The van der Waals surface area contributed by atoms with Crippen molar-refractivity contribution in [3.05, 3.63) is 23.8 Å². The molecule has 6 nitrogen and oxygen atoms in total. The number of hydrogen-bond acceptors (Lipinski definition) is 3. The van der Waals surface area contributed by atoms with Crippen LogP contribution in [0.2, 0.25) is 0 Å². The maximum Gasteiger partial charge on any atom is 0.321 e. The molecule has 21 heavy (non-hydrogen) atoms. The van der Waals surface area contributed by atoms with Crippen LogP contribution in [0.3, 0.4) is 0 Å². The molecule has 0 aliphatic rings. The number of carboxylic acid groups (broad SMARTS) is 1. The van der Waals surface area contributed by atoms with E-state index in [4.69, 9.17) is 5.11 Å². The van der Waals surface area contributed by atoms with Gasteiger partial charge in [-0.15, -0.1) is 0 Å². The number of hydrogen-bond donors (Lipinski definition) is 3. The summed E-state index contributed by atoms with van der Waals surface area (Å²) in [4.78, 5) is 24.8. The van der Waals surface area contributed by atoms with E-state index in [1.165, 1.54) is 11.0 Å². The first-order valence-corrected chi connectivity index (χ1v) is 6.77. The van der Waals surface area contributed by atoms with E-state index in [9.17, 15) is 14.7 Å². The summed E-state index contributed by atoms with van der Waals surface area (Å²) >= 11 is 0. The van der Waals surface area contributed by atoms with Crippen LogP contribution in [-0.4, -0.2) is 35.3 Å². The first-order chi connectivity index (χ1) is 9.69. The number of phenolic OH excluding ortho intramolecular Hbond substituents is 1. The number of carboxylic acids is 1. The second-order valence-corrected chi connectivity index (χ2v) is 5.56. The number of aryl methyl sites for hydroxylation is 1. The minimum atomic E-state index is -1.04. The fourth-order valence-electron chi connectivity index (χ4n) is 1.78. The number of aromatic hydroxyl groups is 1. The van der Waals surface area contributed by atoms with Gasteiger partial charge in [-0.1, -0.05) is 6.07 Å². The van der Waals surface area contributed by atoms with Gasteiger partial charge in [0.15, 0.2) is 0 Å². The topological polar surface area (TPSA) is 89.9 Å². The van der Waals surface area contributed by atoms with Gasteiger partial charge in [0.1, 0.15) is 5.75 Å². The number of nitrogens with one attached hydrogen (secondary N) is 1. The van der Waals surface area contributed by atoms with Gasteiger partial charge < -0.3 is 15.5 Å². The fourth-order valence-corrected chi connectivity index (χ4v) is 1.78. The molecule has 0 atom stereocenters. The molecule has 0 saturated carbocycles. The maximum absolute atomic E-state index is 12.2. The molecule has 3 N–H and O–H groups in total. The van der Waals surface area contributed by atoms with Crippen molar-refractivity contribution in [1.29, 1.82) is 0 Å². The Morgan fingerprint density at radius 3 is 2.48 bits per heavy atom. The molecule has 6 heteroatoms. The van der Waals surface area contributed by atoms with Crippen molar-refractivity contribution in [2.24, 2.45) is 5.41 Å². The van der Waals surface area contributed by atoms with Gasteiger partial charge in [-0.2, -0.15) is 0 Å².